The maximum atomic E-state index is 11.7. The smallest absolute Gasteiger partial charge is 0.220 e. The number of nitrogens with one attached hydrogen (secondary N) is 1. The molecule has 0 aliphatic carbocycles. The second-order valence-corrected chi connectivity index (χ2v) is 4.55. The highest BCUT2D eigenvalue weighted by Gasteiger charge is 2.13. The Morgan fingerprint density at radius 2 is 2.06 bits per heavy atom. The van der Waals surface area contributed by atoms with Crippen molar-refractivity contribution in [2.24, 2.45) is 5.73 Å². The van der Waals surface area contributed by atoms with Gasteiger partial charge in [0.25, 0.3) is 0 Å². The summed E-state index contributed by atoms with van der Waals surface area (Å²) in [6.45, 7) is 3.85. The summed E-state index contributed by atoms with van der Waals surface area (Å²) in [5.74, 6) is 0.809. The van der Waals surface area contributed by atoms with Crippen molar-refractivity contribution in [2.75, 3.05) is 7.11 Å². The van der Waals surface area contributed by atoms with E-state index in [2.05, 4.69) is 5.32 Å². The van der Waals surface area contributed by atoms with Gasteiger partial charge in [0.1, 0.15) is 5.75 Å². The highest BCUT2D eigenvalue weighted by atomic mass is 16.5. The van der Waals surface area contributed by atoms with Gasteiger partial charge < -0.3 is 15.8 Å². The summed E-state index contributed by atoms with van der Waals surface area (Å²) in [5, 5.41) is 2.95. The molecular weight excluding hydrogens is 228 g/mol. The fraction of sp³-hybridized carbons (Fsp3) is 0.500. The molecule has 0 spiro atoms. The van der Waals surface area contributed by atoms with E-state index in [-0.39, 0.29) is 18.0 Å². The number of carbonyl (C=O) groups excluding carboxylic acids is 1. The van der Waals surface area contributed by atoms with Crippen LogP contribution < -0.4 is 15.8 Å². The van der Waals surface area contributed by atoms with Crippen molar-refractivity contribution in [1.29, 1.82) is 0 Å². The second-order valence-electron chi connectivity index (χ2n) is 4.55. The molecule has 2 atom stereocenters. The van der Waals surface area contributed by atoms with Crippen molar-refractivity contribution in [3.63, 3.8) is 0 Å². The number of hydrogen-bond donors (Lipinski definition) is 2. The summed E-state index contributed by atoms with van der Waals surface area (Å²) in [6, 6.07) is 7.67. The van der Waals surface area contributed by atoms with Crippen molar-refractivity contribution >= 4 is 5.91 Å². The Labute approximate surface area is 109 Å². The van der Waals surface area contributed by atoms with Gasteiger partial charge in [-0.2, -0.15) is 0 Å². The Bertz CT molecular complexity index is 391. The molecule has 3 N–H and O–H groups in total. The van der Waals surface area contributed by atoms with E-state index in [1.807, 2.05) is 38.1 Å². The van der Waals surface area contributed by atoms with Crippen LogP contribution in [0.3, 0.4) is 0 Å². The predicted molar refractivity (Wildman–Crippen MR) is 72.4 cm³/mol. The Balaban J connectivity index is 2.59. The highest BCUT2D eigenvalue weighted by molar-refractivity contribution is 5.76. The molecule has 18 heavy (non-hydrogen) atoms. The third kappa shape index (κ3) is 4.37. The first kappa shape index (κ1) is 14.5. The van der Waals surface area contributed by atoms with Gasteiger partial charge in [-0.15, -0.1) is 0 Å². The molecule has 1 unspecified atom stereocenters. The van der Waals surface area contributed by atoms with Crippen LogP contribution in [0.15, 0.2) is 24.3 Å². The fourth-order valence-electron chi connectivity index (χ4n) is 1.77. The molecule has 0 heterocycles. The first-order valence-electron chi connectivity index (χ1n) is 6.22. The van der Waals surface area contributed by atoms with Gasteiger partial charge >= 0.3 is 0 Å². The van der Waals surface area contributed by atoms with Crippen molar-refractivity contribution in [1.82, 2.24) is 5.32 Å². The number of benzene rings is 1. The van der Waals surface area contributed by atoms with Crippen LogP contribution >= 0.6 is 0 Å². The second kappa shape index (κ2) is 7.01. The zero-order chi connectivity index (χ0) is 13.5. The predicted octanol–water partition coefficient (Wildman–Crippen LogP) is 2.00. The first-order chi connectivity index (χ1) is 8.54. The lowest BCUT2D eigenvalue weighted by molar-refractivity contribution is -0.121. The number of ether oxygens (including phenoxy) is 1. The third-order valence-electron chi connectivity index (χ3n) is 2.81. The monoisotopic (exact) mass is 250 g/mol. The molecule has 1 amide bonds. The minimum Gasteiger partial charge on any atom is -0.496 e. The van der Waals surface area contributed by atoms with Gasteiger partial charge in [0.2, 0.25) is 5.91 Å². The van der Waals surface area contributed by atoms with Crippen LogP contribution in [0.1, 0.15) is 38.3 Å². The fourth-order valence-corrected chi connectivity index (χ4v) is 1.77. The van der Waals surface area contributed by atoms with Crippen LogP contribution in [0.5, 0.6) is 5.75 Å². The molecule has 4 nitrogen and oxygen atoms in total. The lowest BCUT2D eigenvalue weighted by Gasteiger charge is -2.17. The van der Waals surface area contributed by atoms with Gasteiger partial charge in [-0.05, 0) is 26.3 Å². The van der Waals surface area contributed by atoms with Gasteiger partial charge in [-0.3, -0.25) is 4.79 Å². The van der Waals surface area contributed by atoms with E-state index in [0.717, 1.165) is 11.3 Å². The average Bonchev–Trinajstić information content (AvgIpc) is 2.36. The standard InChI is InChI=1S/C14H22N2O2/c1-10(15)8-9-14(17)16-11(2)12-6-4-5-7-13(12)18-3/h4-7,10-11H,8-9,15H2,1-3H3,(H,16,17)/t10?,11-/m1/s1. The number of hydrogen-bond acceptors (Lipinski definition) is 3. The molecule has 4 heteroatoms. The molecule has 0 aliphatic heterocycles. The van der Waals surface area contributed by atoms with Crippen molar-refractivity contribution in [3.05, 3.63) is 29.8 Å². The molecule has 1 aromatic carbocycles. The molecular formula is C14H22N2O2. The van der Waals surface area contributed by atoms with E-state index >= 15 is 0 Å². The van der Waals surface area contributed by atoms with Gasteiger partial charge in [0.05, 0.1) is 13.2 Å². The minimum absolute atomic E-state index is 0.0192. The maximum absolute atomic E-state index is 11.7. The van der Waals surface area contributed by atoms with Crippen molar-refractivity contribution in [3.8, 4) is 5.75 Å². The zero-order valence-electron chi connectivity index (χ0n) is 11.3. The van der Waals surface area contributed by atoms with Crippen LogP contribution in [0, 0.1) is 0 Å². The van der Waals surface area contributed by atoms with Crippen molar-refractivity contribution in [2.45, 2.75) is 38.8 Å². The van der Waals surface area contributed by atoms with E-state index in [4.69, 9.17) is 10.5 Å². The molecule has 0 radical (unpaired) electrons. The van der Waals surface area contributed by atoms with Crippen LogP contribution in [0.2, 0.25) is 0 Å². The van der Waals surface area contributed by atoms with Gasteiger partial charge in [0, 0.05) is 18.0 Å². The number of carbonyl (C=O) groups is 1. The summed E-state index contributed by atoms with van der Waals surface area (Å²) in [5.41, 5.74) is 6.61. The Morgan fingerprint density at radius 3 is 2.67 bits per heavy atom. The van der Waals surface area contributed by atoms with Gasteiger partial charge in [-0.25, -0.2) is 0 Å². The van der Waals surface area contributed by atoms with Gasteiger partial charge in [-0.1, -0.05) is 18.2 Å². The number of nitrogens with two attached hydrogens (primary N) is 1. The lowest BCUT2D eigenvalue weighted by Crippen LogP contribution is -2.28. The SMILES string of the molecule is COc1ccccc1[C@@H](C)NC(=O)CCC(C)N. The van der Waals surface area contributed by atoms with Gasteiger partial charge in [0.15, 0.2) is 0 Å². The minimum atomic E-state index is -0.0678. The lowest BCUT2D eigenvalue weighted by atomic mass is 10.1. The quantitative estimate of drug-likeness (QED) is 0.811. The van der Waals surface area contributed by atoms with Crippen LogP contribution in [0.25, 0.3) is 0 Å². The molecule has 0 fully saturated rings. The molecule has 0 saturated heterocycles. The van der Waals surface area contributed by atoms with E-state index in [0.29, 0.717) is 12.8 Å². The number of amides is 1. The van der Waals surface area contributed by atoms with E-state index in [1.165, 1.54) is 0 Å². The molecule has 0 saturated carbocycles. The number of methoxy groups -OCH3 is 1. The topological polar surface area (TPSA) is 64.3 Å². The Morgan fingerprint density at radius 1 is 1.39 bits per heavy atom. The third-order valence-corrected chi connectivity index (χ3v) is 2.81. The van der Waals surface area contributed by atoms with Crippen LogP contribution in [-0.4, -0.2) is 19.1 Å². The molecule has 0 bridgehead atoms. The Kier molecular flexibility index (Phi) is 5.65. The molecule has 100 valence electrons. The normalized spacial score (nSPS) is 13.8. The summed E-state index contributed by atoms with van der Waals surface area (Å²) >= 11 is 0. The van der Waals surface area contributed by atoms with Crippen LogP contribution in [-0.2, 0) is 4.79 Å². The summed E-state index contributed by atoms with van der Waals surface area (Å²) in [4.78, 5) is 11.7. The summed E-state index contributed by atoms with van der Waals surface area (Å²) in [6.07, 6.45) is 1.15. The van der Waals surface area contributed by atoms with Crippen molar-refractivity contribution < 1.29 is 9.53 Å². The highest BCUT2D eigenvalue weighted by Crippen LogP contribution is 2.24. The molecule has 0 aliphatic rings. The summed E-state index contributed by atoms with van der Waals surface area (Å²) < 4.78 is 5.27. The number of rotatable bonds is 6. The first-order valence-corrected chi connectivity index (χ1v) is 6.22. The van der Waals surface area contributed by atoms with E-state index in [9.17, 15) is 4.79 Å². The van der Waals surface area contributed by atoms with Crippen LogP contribution in [0.4, 0.5) is 0 Å². The average molecular weight is 250 g/mol. The zero-order valence-corrected chi connectivity index (χ0v) is 11.3. The Hall–Kier alpha value is -1.55. The van der Waals surface area contributed by atoms with E-state index < -0.39 is 0 Å². The molecule has 1 rings (SSSR count). The molecule has 1 aromatic rings. The largest absolute Gasteiger partial charge is 0.496 e. The maximum Gasteiger partial charge on any atom is 0.220 e. The molecule has 0 aromatic heterocycles. The number of para-hydroxylation sites is 1. The van der Waals surface area contributed by atoms with E-state index in [1.54, 1.807) is 7.11 Å². The summed E-state index contributed by atoms with van der Waals surface area (Å²) in [7, 11) is 1.63.